The van der Waals surface area contributed by atoms with E-state index < -0.39 is 30.1 Å². The Hall–Kier alpha value is -2.55. The van der Waals surface area contributed by atoms with E-state index in [1.54, 1.807) is 6.92 Å². The topological polar surface area (TPSA) is 75.4 Å². The van der Waals surface area contributed by atoms with Gasteiger partial charge in [0.15, 0.2) is 5.82 Å². The van der Waals surface area contributed by atoms with Crippen molar-refractivity contribution in [2.45, 2.75) is 20.0 Å². The molecule has 0 aliphatic carbocycles. The predicted octanol–water partition coefficient (Wildman–Crippen LogP) is 3.65. The fraction of sp³-hybridized carbons (Fsp3) is 0.267. The standard InChI is InChI=1S/C15H13ClF3N3O3/c1-8-5-13(21-25-8)22(9(2)23)7-14(24)20-12-6-10(15(17,18)19)3-4-11(12)16/h3-6H,7H2,1-2H3,(H,20,24). The Morgan fingerprint density at radius 2 is 2.00 bits per heavy atom. The zero-order valence-corrected chi connectivity index (χ0v) is 13.9. The summed E-state index contributed by atoms with van der Waals surface area (Å²) >= 11 is 5.82. The summed E-state index contributed by atoms with van der Waals surface area (Å²) in [5, 5.41) is 5.84. The molecule has 0 bridgehead atoms. The molecule has 10 heteroatoms. The number of aryl methyl sites for hydroxylation is 1. The largest absolute Gasteiger partial charge is 0.416 e. The summed E-state index contributed by atoms with van der Waals surface area (Å²) in [4.78, 5) is 24.8. The SMILES string of the molecule is CC(=O)N(CC(=O)Nc1cc(C(F)(F)F)ccc1Cl)c1cc(C)on1. The van der Waals surface area contributed by atoms with Crippen molar-refractivity contribution in [3.05, 3.63) is 40.6 Å². The van der Waals surface area contributed by atoms with E-state index >= 15 is 0 Å². The number of aromatic nitrogens is 1. The summed E-state index contributed by atoms with van der Waals surface area (Å²) in [6, 6.07) is 4.01. The van der Waals surface area contributed by atoms with Gasteiger partial charge in [-0.15, -0.1) is 0 Å². The quantitative estimate of drug-likeness (QED) is 0.885. The van der Waals surface area contributed by atoms with Gasteiger partial charge in [-0.2, -0.15) is 13.2 Å². The molecule has 0 aliphatic rings. The van der Waals surface area contributed by atoms with E-state index in [0.29, 0.717) is 5.76 Å². The molecule has 2 rings (SSSR count). The minimum Gasteiger partial charge on any atom is -0.360 e. The molecule has 0 spiro atoms. The zero-order chi connectivity index (χ0) is 18.8. The maximum atomic E-state index is 12.7. The van der Waals surface area contributed by atoms with Crippen molar-refractivity contribution in [3.63, 3.8) is 0 Å². The summed E-state index contributed by atoms with van der Waals surface area (Å²) < 4.78 is 43.1. The van der Waals surface area contributed by atoms with Crippen LogP contribution in [-0.4, -0.2) is 23.5 Å². The summed E-state index contributed by atoms with van der Waals surface area (Å²) in [5.74, 6) is -0.673. The second kappa shape index (κ2) is 7.14. The average molecular weight is 376 g/mol. The Morgan fingerprint density at radius 3 is 2.52 bits per heavy atom. The minimum atomic E-state index is -4.58. The highest BCUT2D eigenvalue weighted by atomic mass is 35.5. The van der Waals surface area contributed by atoms with Gasteiger partial charge in [0.1, 0.15) is 12.3 Å². The van der Waals surface area contributed by atoms with Gasteiger partial charge >= 0.3 is 6.18 Å². The van der Waals surface area contributed by atoms with Crippen LogP contribution >= 0.6 is 11.6 Å². The number of nitrogens with zero attached hydrogens (tertiary/aromatic N) is 2. The van der Waals surface area contributed by atoms with Gasteiger partial charge in [-0.1, -0.05) is 16.8 Å². The second-order valence-corrected chi connectivity index (χ2v) is 5.55. The van der Waals surface area contributed by atoms with E-state index in [1.165, 1.54) is 13.0 Å². The number of amides is 2. The molecule has 0 saturated heterocycles. The lowest BCUT2D eigenvalue weighted by Gasteiger charge is -2.18. The van der Waals surface area contributed by atoms with Gasteiger partial charge in [-0.25, -0.2) is 0 Å². The van der Waals surface area contributed by atoms with Gasteiger partial charge in [-0.3, -0.25) is 14.5 Å². The first-order valence-electron chi connectivity index (χ1n) is 6.96. The first-order chi connectivity index (χ1) is 11.6. The maximum absolute atomic E-state index is 12.7. The molecule has 1 N–H and O–H groups in total. The third-order valence-corrected chi connectivity index (χ3v) is 3.47. The number of anilines is 2. The summed E-state index contributed by atoms with van der Waals surface area (Å²) in [5.41, 5.74) is -1.16. The average Bonchev–Trinajstić information content (AvgIpc) is 2.91. The molecular weight excluding hydrogens is 363 g/mol. The third-order valence-electron chi connectivity index (χ3n) is 3.14. The van der Waals surface area contributed by atoms with E-state index in [1.807, 2.05) is 0 Å². The van der Waals surface area contributed by atoms with Crippen LogP contribution in [0.2, 0.25) is 5.02 Å². The summed E-state index contributed by atoms with van der Waals surface area (Å²) in [7, 11) is 0. The van der Waals surface area contributed by atoms with Crippen LogP contribution in [0.4, 0.5) is 24.7 Å². The predicted molar refractivity (Wildman–Crippen MR) is 84.4 cm³/mol. The monoisotopic (exact) mass is 375 g/mol. The van der Waals surface area contributed by atoms with Crippen molar-refractivity contribution in [1.82, 2.24) is 5.16 Å². The second-order valence-electron chi connectivity index (χ2n) is 5.14. The number of alkyl halides is 3. The number of hydrogen-bond donors (Lipinski definition) is 1. The lowest BCUT2D eigenvalue weighted by Crippen LogP contribution is -2.37. The van der Waals surface area contributed by atoms with E-state index in [4.69, 9.17) is 16.1 Å². The molecule has 2 amide bonds. The number of nitrogens with one attached hydrogen (secondary N) is 1. The van der Waals surface area contributed by atoms with Crippen LogP contribution in [0.25, 0.3) is 0 Å². The molecule has 1 aromatic heterocycles. The van der Waals surface area contributed by atoms with Crippen molar-refractivity contribution in [1.29, 1.82) is 0 Å². The van der Waals surface area contributed by atoms with Crippen LogP contribution in [0.5, 0.6) is 0 Å². The Bertz CT molecular complexity index is 805. The summed E-state index contributed by atoms with van der Waals surface area (Å²) in [6.07, 6.45) is -4.58. The molecule has 25 heavy (non-hydrogen) atoms. The third kappa shape index (κ3) is 4.72. The minimum absolute atomic E-state index is 0.0620. The van der Waals surface area contributed by atoms with Crippen LogP contribution in [0.15, 0.2) is 28.8 Å². The van der Waals surface area contributed by atoms with Gasteiger partial charge in [0.05, 0.1) is 16.3 Å². The Morgan fingerprint density at radius 1 is 1.32 bits per heavy atom. The van der Waals surface area contributed by atoms with E-state index in [-0.39, 0.29) is 16.5 Å². The lowest BCUT2D eigenvalue weighted by atomic mass is 10.2. The smallest absolute Gasteiger partial charge is 0.360 e. The van der Waals surface area contributed by atoms with Crippen LogP contribution in [-0.2, 0) is 15.8 Å². The van der Waals surface area contributed by atoms with Gasteiger partial charge in [0.25, 0.3) is 0 Å². The van der Waals surface area contributed by atoms with Crippen molar-refractivity contribution in [3.8, 4) is 0 Å². The maximum Gasteiger partial charge on any atom is 0.416 e. The molecule has 1 heterocycles. The molecule has 1 aromatic carbocycles. The van der Waals surface area contributed by atoms with E-state index in [0.717, 1.165) is 23.1 Å². The molecule has 0 saturated carbocycles. The van der Waals surface area contributed by atoms with Crippen LogP contribution < -0.4 is 10.2 Å². The number of benzene rings is 1. The molecule has 2 aromatic rings. The summed E-state index contributed by atoms with van der Waals surface area (Å²) in [6.45, 7) is 2.36. The van der Waals surface area contributed by atoms with Crippen molar-refractivity contribution < 1.29 is 27.3 Å². The first kappa shape index (κ1) is 18.8. The molecule has 0 atom stereocenters. The van der Waals surface area contributed by atoms with Gasteiger partial charge in [0.2, 0.25) is 11.8 Å². The van der Waals surface area contributed by atoms with Crippen molar-refractivity contribution >= 4 is 34.9 Å². The highest BCUT2D eigenvalue weighted by Crippen LogP contribution is 2.33. The van der Waals surface area contributed by atoms with Gasteiger partial charge in [0, 0.05) is 13.0 Å². The Balaban J connectivity index is 2.17. The van der Waals surface area contributed by atoms with E-state index in [2.05, 4.69) is 10.5 Å². The van der Waals surface area contributed by atoms with Crippen LogP contribution in [0.3, 0.4) is 0 Å². The highest BCUT2D eigenvalue weighted by molar-refractivity contribution is 6.33. The zero-order valence-electron chi connectivity index (χ0n) is 13.1. The Labute approximate surface area is 145 Å². The molecule has 0 aliphatic heterocycles. The van der Waals surface area contributed by atoms with Crippen molar-refractivity contribution in [2.24, 2.45) is 0 Å². The number of carbonyl (C=O) groups is 2. The fourth-order valence-electron chi connectivity index (χ4n) is 1.96. The number of rotatable bonds is 4. The number of carbonyl (C=O) groups excluding carboxylic acids is 2. The molecule has 0 radical (unpaired) electrons. The van der Waals surface area contributed by atoms with Crippen molar-refractivity contribution in [2.75, 3.05) is 16.8 Å². The van der Waals surface area contributed by atoms with Crippen LogP contribution in [0.1, 0.15) is 18.2 Å². The lowest BCUT2D eigenvalue weighted by molar-refractivity contribution is -0.137. The molecule has 134 valence electrons. The Kier molecular flexibility index (Phi) is 5.36. The molecular formula is C15H13ClF3N3O3. The molecule has 0 fully saturated rings. The highest BCUT2D eigenvalue weighted by Gasteiger charge is 2.31. The van der Waals surface area contributed by atoms with Gasteiger partial charge < -0.3 is 9.84 Å². The molecule has 0 unspecified atom stereocenters. The number of halogens is 4. The first-order valence-corrected chi connectivity index (χ1v) is 7.33. The fourth-order valence-corrected chi connectivity index (χ4v) is 2.13. The van der Waals surface area contributed by atoms with E-state index in [9.17, 15) is 22.8 Å². The normalized spacial score (nSPS) is 11.3. The molecule has 6 nitrogen and oxygen atoms in total. The van der Waals surface area contributed by atoms with Gasteiger partial charge in [-0.05, 0) is 25.1 Å². The number of hydrogen-bond acceptors (Lipinski definition) is 4. The van der Waals surface area contributed by atoms with Crippen LogP contribution in [0, 0.1) is 6.92 Å².